The van der Waals surface area contributed by atoms with Crippen molar-refractivity contribution in [3.63, 3.8) is 0 Å². The molecule has 3 aromatic rings. The Labute approximate surface area is 186 Å². The van der Waals surface area contributed by atoms with Crippen LogP contribution in [-0.4, -0.2) is 30.1 Å². The summed E-state index contributed by atoms with van der Waals surface area (Å²) in [6.45, 7) is 8.84. The minimum Gasteiger partial charge on any atom is -0.450 e. The number of nitrogens with zero attached hydrogens (tertiary/aromatic N) is 1. The maximum absolute atomic E-state index is 13.6. The van der Waals surface area contributed by atoms with Gasteiger partial charge in [-0.2, -0.15) is 0 Å². The normalized spacial score (nSPS) is 15.9. The van der Waals surface area contributed by atoms with Gasteiger partial charge in [0.25, 0.3) is 5.91 Å². The van der Waals surface area contributed by atoms with Crippen LogP contribution in [0.4, 0.5) is 0 Å². The highest BCUT2D eigenvalue weighted by atomic mass is 35.5. The van der Waals surface area contributed by atoms with Crippen molar-refractivity contribution in [3.8, 4) is 0 Å². The first-order valence-corrected chi connectivity index (χ1v) is 10.9. The van der Waals surface area contributed by atoms with Crippen molar-refractivity contribution in [2.24, 2.45) is 0 Å². The van der Waals surface area contributed by atoms with Crippen LogP contribution in [0.15, 0.2) is 45.6 Å². The van der Waals surface area contributed by atoms with E-state index in [-0.39, 0.29) is 23.2 Å². The molecule has 0 saturated heterocycles. The van der Waals surface area contributed by atoms with Crippen LogP contribution < -0.4 is 5.43 Å². The molecular weight excluding hydrogens is 414 g/mol. The molecule has 1 aromatic heterocycles. The summed E-state index contributed by atoms with van der Waals surface area (Å²) in [7, 11) is 0. The number of aryl methyl sites for hydroxylation is 2. The van der Waals surface area contributed by atoms with Gasteiger partial charge in [-0.15, -0.1) is 0 Å². The third-order valence-corrected chi connectivity index (χ3v) is 5.98. The summed E-state index contributed by atoms with van der Waals surface area (Å²) in [5.41, 5.74) is 3.46. The van der Waals surface area contributed by atoms with Crippen LogP contribution in [0, 0.1) is 13.8 Å². The van der Waals surface area contributed by atoms with Crippen LogP contribution in [0.1, 0.15) is 59.1 Å². The van der Waals surface area contributed by atoms with Crippen molar-refractivity contribution in [3.05, 3.63) is 79.7 Å². The highest BCUT2D eigenvalue weighted by Crippen LogP contribution is 2.39. The van der Waals surface area contributed by atoms with Gasteiger partial charge < -0.3 is 14.1 Å². The monoisotopic (exact) mass is 439 g/mol. The fourth-order valence-electron chi connectivity index (χ4n) is 4.08. The quantitative estimate of drug-likeness (QED) is 0.481. The van der Waals surface area contributed by atoms with Crippen LogP contribution >= 0.6 is 11.6 Å². The molecule has 5 nitrogen and oxygen atoms in total. The Balaban J connectivity index is 1.85. The highest BCUT2D eigenvalue weighted by Gasteiger charge is 2.42. The van der Waals surface area contributed by atoms with Crippen molar-refractivity contribution < 1.29 is 13.9 Å². The van der Waals surface area contributed by atoms with Gasteiger partial charge >= 0.3 is 0 Å². The summed E-state index contributed by atoms with van der Waals surface area (Å²) in [6, 6.07) is 10.4. The minimum absolute atomic E-state index is 0.121. The highest BCUT2D eigenvalue weighted by molar-refractivity contribution is 6.30. The Bertz CT molecular complexity index is 1210. The van der Waals surface area contributed by atoms with E-state index in [1.165, 1.54) is 0 Å². The lowest BCUT2D eigenvalue weighted by molar-refractivity contribution is 0.0593. The predicted molar refractivity (Wildman–Crippen MR) is 122 cm³/mol. The summed E-state index contributed by atoms with van der Waals surface area (Å²) in [5.74, 6) is -0.155. The third-order valence-electron chi connectivity index (χ3n) is 5.74. The molecule has 31 heavy (non-hydrogen) atoms. The molecule has 0 spiro atoms. The average Bonchev–Trinajstić information content (AvgIpc) is 2.99. The van der Waals surface area contributed by atoms with Crippen LogP contribution in [0.5, 0.6) is 0 Å². The summed E-state index contributed by atoms with van der Waals surface area (Å²) in [5, 5.41) is 1.05. The van der Waals surface area contributed by atoms with E-state index in [1.54, 1.807) is 17.0 Å². The first-order chi connectivity index (χ1) is 14.8. The summed E-state index contributed by atoms with van der Waals surface area (Å²) in [6.07, 6.45) is 0.774. The summed E-state index contributed by atoms with van der Waals surface area (Å²) >= 11 is 6.24. The lowest BCUT2D eigenvalue weighted by Gasteiger charge is -2.25. The molecule has 6 heteroatoms. The zero-order valence-electron chi connectivity index (χ0n) is 18.2. The SMILES string of the molecule is Cc1cc2oc3c(c(=O)c2cc1C)C(c1cccc(Cl)c1)N(CCCOC(C)C)C3=O. The molecule has 2 heterocycles. The second-order valence-electron chi connectivity index (χ2n) is 8.34. The molecule has 1 aliphatic heterocycles. The number of halogens is 1. The molecule has 2 aromatic carbocycles. The summed E-state index contributed by atoms with van der Waals surface area (Å²) < 4.78 is 11.7. The number of hydrogen-bond donors (Lipinski definition) is 0. The molecule has 0 saturated carbocycles. The van der Waals surface area contributed by atoms with Crippen LogP contribution in [0.2, 0.25) is 5.02 Å². The molecule has 0 fully saturated rings. The number of carbonyl (C=O) groups excluding carboxylic acids is 1. The third kappa shape index (κ3) is 4.00. The summed E-state index contributed by atoms with van der Waals surface area (Å²) in [4.78, 5) is 28.6. The number of rotatable bonds is 6. The van der Waals surface area contributed by atoms with Crippen LogP contribution in [-0.2, 0) is 4.74 Å². The molecule has 1 unspecified atom stereocenters. The second kappa shape index (κ2) is 8.48. The molecule has 4 rings (SSSR count). The predicted octanol–water partition coefficient (Wildman–Crippen LogP) is 5.42. The van der Waals surface area contributed by atoms with E-state index in [0.717, 1.165) is 16.7 Å². The molecular formula is C25H26ClNO4. The van der Waals surface area contributed by atoms with Crippen molar-refractivity contribution in [1.82, 2.24) is 4.90 Å². The van der Waals surface area contributed by atoms with E-state index in [0.29, 0.717) is 41.1 Å². The molecule has 1 atom stereocenters. The molecule has 1 amide bonds. The fraction of sp³-hybridized carbons (Fsp3) is 0.360. The number of carbonyl (C=O) groups is 1. The molecule has 1 aliphatic rings. The van der Waals surface area contributed by atoms with Crippen LogP contribution in [0.3, 0.4) is 0 Å². The number of amides is 1. The van der Waals surface area contributed by atoms with Gasteiger partial charge in [0, 0.05) is 18.2 Å². The van der Waals surface area contributed by atoms with E-state index >= 15 is 0 Å². The van der Waals surface area contributed by atoms with Gasteiger partial charge in [-0.05, 0) is 75.1 Å². The Morgan fingerprint density at radius 2 is 1.87 bits per heavy atom. The van der Waals surface area contributed by atoms with E-state index < -0.39 is 6.04 Å². The topological polar surface area (TPSA) is 59.8 Å². The first-order valence-electron chi connectivity index (χ1n) is 10.5. The molecule has 0 radical (unpaired) electrons. The number of benzene rings is 2. The van der Waals surface area contributed by atoms with Gasteiger partial charge in [0.15, 0.2) is 5.43 Å². The van der Waals surface area contributed by atoms with E-state index in [2.05, 4.69) is 0 Å². The Kier molecular flexibility index (Phi) is 5.91. The smallest absolute Gasteiger partial charge is 0.290 e. The van der Waals surface area contributed by atoms with Gasteiger partial charge in [0.2, 0.25) is 5.76 Å². The first kappa shape index (κ1) is 21.6. The van der Waals surface area contributed by atoms with Crippen molar-refractivity contribution >= 4 is 28.5 Å². The Morgan fingerprint density at radius 3 is 2.58 bits per heavy atom. The van der Waals surface area contributed by atoms with Gasteiger partial charge in [-0.3, -0.25) is 9.59 Å². The van der Waals surface area contributed by atoms with E-state index in [9.17, 15) is 9.59 Å². The standard InChI is InChI=1S/C25H26ClNO4/c1-14(2)30-10-6-9-27-22(17-7-5-8-18(26)13-17)21-23(28)19-11-15(3)16(4)12-20(19)31-24(21)25(27)29/h5,7-8,11-14,22H,6,9-10H2,1-4H3. The van der Waals surface area contributed by atoms with Gasteiger partial charge in [0.05, 0.1) is 23.1 Å². The largest absolute Gasteiger partial charge is 0.450 e. The number of hydrogen-bond acceptors (Lipinski definition) is 4. The van der Waals surface area contributed by atoms with Gasteiger partial charge in [-0.1, -0.05) is 23.7 Å². The minimum atomic E-state index is -0.539. The lowest BCUT2D eigenvalue weighted by atomic mass is 9.97. The molecule has 162 valence electrons. The maximum atomic E-state index is 13.6. The lowest BCUT2D eigenvalue weighted by Crippen LogP contribution is -2.31. The van der Waals surface area contributed by atoms with Crippen molar-refractivity contribution in [1.29, 1.82) is 0 Å². The van der Waals surface area contributed by atoms with Gasteiger partial charge in [-0.25, -0.2) is 0 Å². The number of ether oxygens (including phenoxy) is 1. The molecule has 0 aliphatic carbocycles. The maximum Gasteiger partial charge on any atom is 0.290 e. The van der Waals surface area contributed by atoms with Gasteiger partial charge in [0.1, 0.15) is 5.58 Å². The van der Waals surface area contributed by atoms with E-state index in [1.807, 2.05) is 52.0 Å². The second-order valence-corrected chi connectivity index (χ2v) is 8.77. The Morgan fingerprint density at radius 1 is 1.13 bits per heavy atom. The fourth-order valence-corrected chi connectivity index (χ4v) is 4.28. The number of fused-ring (bicyclic) bond motifs is 2. The van der Waals surface area contributed by atoms with Crippen LogP contribution in [0.25, 0.3) is 11.0 Å². The molecule has 0 bridgehead atoms. The van der Waals surface area contributed by atoms with Crippen molar-refractivity contribution in [2.75, 3.05) is 13.2 Å². The zero-order chi connectivity index (χ0) is 22.3. The van der Waals surface area contributed by atoms with E-state index in [4.69, 9.17) is 20.8 Å². The Hall–Kier alpha value is -2.63. The molecule has 0 N–H and O–H groups in total. The zero-order valence-corrected chi connectivity index (χ0v) is 19.0. The average molecular weight is 440 g/mol. The van der Waals surface area contributed by atoms with Crippen molar-refractivity contribution in [2.45, 2.75) is 46.3 Å².